The lowest BCUT2D eigenvalue weighted by molar-refractivity contribution is 0.135. The maximum Gasteiger partial charge on any atom is 0.232 e. The molecule has 10 heteroatoms. The van der Waals surface area contributed by atoms with Gasteiger partial charge in [0, 0.05) is 11.1 Å². The van der Waals surface area contributed by atoms with E-state index in [9.17, 15) is 12.8 Å². The molecule has 0 radical (unpaired) electrons. The molecule has 0 aliphatic heterocycles. The van der Waals surface area contributed by atoms with Gasteiger partial charge in [0.2, 0.25) is 15.0 Å². The highest BCUT2D eigenvalue weighted by atomic mass is 32.2. The van der Waals surface area contributed by atoms with E-state index >= 15 is 0 Å². The predicted molar refractivity (Wildman–Crippen MR) is 148 cm³/mol. The zero-order chi connectivity index (χ0) is 28.9. The van der Waals surface area contributed by atoms with Crippen LogP contribution in [0.4, 0.5) is 4.39 Å². The predicted octanol–water partition coefficient (Wildman–Crippen LogP) is 5.22. The van der Waals surface area contributed by atoms with Crippen LogP contribution in [0.5, 0.6) is 11.5 Å². The third-order valence-corrected chi connectivity index (χ3v) is 8.23. The summed E-state index contributed by atoms with van der Waals surface area (Å²) in [6.45, 7) is 4.03. The van der Waals surface area contributed by atoms with Gasteiger partial charge in [0.1, 0.15) is 5.82 Å². The highest BCUT2D eigenvalue weighted by Gasteiger charge is 2.33. The van der Waals surface area contributed by atoms with Gasteiger partial charge in [0.15, 0.2) is 11.5 Å². The summed E-state index contributed by atoms with van der Waals surface area (Å²) < 4.78 is 58.9. The van der Waals surface area contributed by atoms with Crippen LogP contribution >= 0.6 is 0 Å². The standard InChI is InChI=1S/C30H30FN3O5S/c1-30(2,23-9-14-26(37-3)27(17-23)38-4)28-19-33-29(34(28)25-12-10-24(31)11-13-25)40(35,36)16-15-39-20-22-7-5-21(18-32)6-8-22/h5-14,17,19H,15-16,20H2,1-4H3. The van der Waals surface area contributed by atoms with Gasteiger partial charge in [-0.05, 0) is 59.7 Å². The molecule has 3 aromatic carbocycles. The van der Waals surface area contributed by atoms with Gasteiger partial charge in [-0.3, -0.25) is 4.57 Å². The molecular weight excluding hydrogens is 533 g/mol. The van der Waals surface area contributed by atoms with Crippen LogP contribution in [0.3, 0.4) is 0 Å². The van der Waals surface area contributed by atoms with Crippen LogP contribution in [-0.4, -0.2) is 44.5 Å². The lowest BCUT2D eigenvalue weighted by Crippen LogP contribution is -2.25. The van der Waals surface area contributed by atoms with E-state index in [2.05, 4.69) is 11.1 Å². The summed E-state index contributed by atoms with van der Waals surface area (Å²) >= 11 is 0. The zero-order valence-electron chi connectivity index (χ0n) is 22.7. The molecule has 0 atom stereocenters. The Morgan fingerprint density at radius 2 is 1.65 bits per heavy atom. The number of aromatic nitrogens is 2. The first-order valence-electron chi connectivity index (χ1n) is 12.5. The summed E-state index contributed by atoms with van der Waals surface area (Å²) in [5.74, 6) is 0.356. The van der Waals surface area contributed by atoms with Crippen LogP contribution in [0, 0.1) is 17.1 Å². The Kier molecular flexibility index (Phi) is 8.57. The van der Waals surface area contributed by atoms with Gasteiger partial charge in [0.05, 0.1) is 56.7 Å². The second-order valence-electron chi connectivity index (χ2n) is 9.61. The Balaban J connectivity index is 1.67. The summed E-state index contributed by atoms with van der Waals surface area (Å²) in [6, 6.07) is 20.0. The van der Waals surface area contributed by atoms with E-state index in [0.29, 0.717) is 28.4 Å². The van der Waals surface area contributed by atoms with E-state index < -0.39 is 21.1 Å². The summed E-state index contributed by atoms with van der Waals surface area (Å²) in [5, 5.41) is 8.77. The molecule has 40 heavy (non-hydrogen) atoms. The number of halogens is 1. The monoisotopic (exact) mass is 563 g/mol. The molecule has 0 spiro atoms. The molecule has 8 nitrogen and oxygen atoms in total. The molecule has 0 saturated heterocycles. The first-order chi connectivity index (χ1) is 19.1. The number of methoxy groups -OCH3 is 2. The number of ether oxygens (including phenoxy) is 3. The van der Waals surface area contributed by atoms with Crippen LogP contribution in [0.25, 0.3) is 5.69 Å². The summed E-state index contributed by atoms with van der Waals surface area (Å²) in [7, 11) is -0.814. The number of nitriles is 1. The fraction of sp³-hybridized carbons (Fsp3) is 0.267. The number of imidazole rings is 1. The first-order valence-corrected chi connectivity index (χ1v) is 14.1. The van der Waals surface area contributed by atoms with Crippen molar-refractivity contribution in [1.82, 2.24) is 9.55 Å². The maximum absolute atomic E-state index is 13.8. The van der Waals surface area contributed by atoms with Crippen molar-refractivity contribution in [3.05, 3.63) is 101 Å². The number of nitrogens with zero attached hydrogens (tertiary/aromatic N) is 3. The van der Waals surface area contributed by atoms with Crippen LogP contribution in [-0.2, 0) is 26.6 Å². The molecule has 208 valence electrons. The smallest absolute Gasteiger partial charge is 0.232 e. The third-order valence-electron chi connectivity index (χ3n) is 6.69. The van der Waals surface area contributed by atoms with E-state index in [1.165, 1.54) is 30.5 Å². The molecule has 1 heterocycles. The normalized spacial score (nSPS) is 11.7. The van der Waals surface area contributed by atoms with E-state index in [4.69, 9.17) is 19.5 Å². The second kappa shape index (κ2) is 11.9. The number of rotatable bonds is 11. The topological polar surface area (TPSA) is 103 Å². The van der Waals surface area contributed by atoms with E-state index in [1.807, 2.05) is 26.0 Å². The quantitative estimate of drug-likeness (QED) is 0.231. The van der Waals surface area contributed by atoms with Crippen molar-refractivity contribution >= 4 is 9.84 Å². The molecule has 1 aromatic heterocycles. The average Bonchev–Trinajstić information content (AvgIpc) is 3.43. The van der Waals surface area contributed by atoms with E-state index in [0.717, 1.165) is 11.1 Å². The average molecular weight is 564 g/mol. The highest BCUT2D eigenvalue weighted by molar-refractivity contribution is 7.91. The summed E-state index contributed by atoms with van der Waals surface area (Å²) in [4.78, 5) is 4.35. The summed E-state index contributed by atoms with van der Waals surface area (Å²) in [5.41, 5.74) is 2.50. The zero-order valence-corrected chi connectivity index (χ0v) is 23.5. The first kappa shape index (κ1) is 28.8. The molecule has 0 N–H and O–H groups in total. The van der Waals surface area contributed by atoms with Crippen molar-refractivity contribution in [2.75, 3.05) is 26.6 Å². The summed E-state index contributed by atoms with van der Waals surface area (Å²) in [6.07, 6.45) is 1.53. The minimum absolute atomic E-state index is 0.0625. The Labute approximate surface area is 233 Å². The molecule has 0 saturated carbocycles. The largest absolute Gasteiger partial charge is 0.493 e. The van der Waals surface area contributed by atoms with Crippen LogP contribution < -0.4 is 9.47 Å². The molecule has 0 unspecified atom stereocenters. The fourth-order valence-electron chi connectivity index (χ4n) is 4.33. The van der Waals surface area contributed by atoms with Crippen molar-refractivity contribution in [2.45, 2.75) is 31.0 Å². The van der Waals surface area contributed by atoms with Crippen molar-refractivity contribution in [3.63, 3.8) is 0 Å². The minimum Gasteiger partial charge on any atom is -0.493 e. The number of benzene rings is 3. The van der Waals surface area contributed by atoms with Crippen molar-refractivity contribution in [3.8, 4) is 23.3 Å². The van der Waals surface area contributed by atoms with Gasteiger partial charge in [0.25, 0.3) is 0 Å². The Hall–Kier alpha value is -4.20. The molecule has 0 amide bonds. The number of hydrogen-bond donors (Lipinski definition) is 0. The molecule has 0 fully saturated rings. The SMILES string of the molecule is COc1ccc(C(C)(C)c2cnc(S(=O)(=O)CCOCc3ccc(C#N)cc3)n2-c2ccc(F)cc2)cc1OC. The van der Waals surface area contributed by atoms with Gasteiger partial charge in [-0.25, -0.2) is 17.8 Å². The highest BCUT2D eigenvalue weighted by Crippen LogP contribution is 2.39. The molecule has 0 aliphatic carbocycles. The molecule has 4 aromatic rings. The van der Waals surface area contributed by atoms with Crippen molar-refractivity contribution in [1.29, 1.82) is 5.26 Å². The van der Waals surface area contributed by atoms with E-state index in [-0.39, 0.29) is 24.1 Å². The lowest BCUT2D eigenvalue weighted by atomic mass is 9.81. The van der Waals surface area contributed by atoms with Gasteiger partial charge in [-0.1, -0.05) is 32.0 Å². The van der Waals surface area contributed by atoms with Gasteiger partial charge in [-0.15, -0.1) is 0 Å². The van der Waals surface area contributed by atoms with Gasteiger partial charge >= 0.3 is 0 Å². The minimum atomic E-state index is -3.91. The second-order valence-corrected chi connectivity index (χ2v) is 11.6. The van der Waals surface area contributed by atoms with Crippen molar-refractivity contribution in [2.24, 2.45) is 0 Å². The Morgan fingerprint density at radius 3 is 2.27 bits per heavy atom. The van der Waals surface area contributed by atoms with Crippen LogP contribution in [0.2, 0.25) is 0 Å². The van der Waals surface area contributed by atoms with Crippen LogP contribution in [0.15, 0.2) is 78.1 Å². The van der Waals surface area contributed by atoms with Crippen LogP contribution in [0.1, 0.15) is 36.2 Å². The van der Waals surface area contributed by atoms with Gasteiger partial charge in [-0.2, -0.15) is 5.26 Å². The maximum atomic E-state index is 13.8. The fourth-order valence-corrected chi connectivity index (χ4v) is 5.55. The van der Waals surface area contributed by atoms with Crippen molar-refractivity contribution < 1.29 is 27.0 Å². The number of hydrogen-bond acceptors (Lipinski definition) is 7. The van der Waals surface area contributed by atoms with Gasteiger partial charge < -0.3 is 14.2 Å². The molecular formula is C30H30FN3O5S. The molecule has 4 rings (SSSR count). The Morgan fingerprint density at radius 1 is 0.975 bits per heavy atom. The lowest BCUT2D eigenvalue weighted by Gasteiger charge is -2.28. The molecule has 0 aliphatic rings. The third kappa shape index (κ3) is 6.01. The van der Waals surface area contributed by atoms with E-state index in [1.54, 1.807) is 49.1 Å². The molecule has 0 bridgehead atoms. The number of sulfone groups is 1. The Bertz CT molecular complexity index is 1620.